The molecule has 2 heterocycles. The van der Waals surface area contributed by atoms with E-state index in [-0.39, 0.29) is 0 Å². The maximum atomic E-state index is 5.99. The lowest BCUT2D eigenvalue weighted by atomic mass is 10.3. The molecule has 6 heteroatoms. The number of nitrogens with zero attached hydrogens (tertiary/aromatic N) is 3. The molecule has 0 aromatic carbocycles. The number of rotatable bonds is 2. The molecule has 0 aliphatic heterocycles. The summed E-state index contributed by atoms with van der Waals surface area (Å²) >= 11 is 8.19. The van der Waals surface area contributed by atoms with Gasteiger partial charge in [-0.3, -0.25) is 4.68 Å². The molecule has 2 N–H and O–H groups in total. The van der Waals surface area contributed by atoms with Crippen LogP contribution in [0, 0.1) is 3.57 Å². The van der Waals surface area contributed by atoms with Gasteiger partial charge in [0.1, 0.15) is 5.82 Å². The average Bonchev–Trinajstić information content (AvgIpc) is 2.58. The van der Waals surface area contributed by atoms with Crippen LogP contribution in [-0.2, 0) is 6.54 Å². The molecule has 2 aromatic heterocycles. The number of hydrogen-bond acceptors (Lipinski definition) is 3. The average molecular weight is 335 g/mol. The van der Waals surface area contributed by atoms with E-state index >= 15 is 0 Å². The van der Waals surface area contributed by atoms with E-state index in [1.165, 1.54) is 0 Å². The van der Waals surface area contributed by atoms with Crippen LogP contribution in [0.4, 0.5) is 5.82 Å². The van der Waals surface area contributed by atoms with E-state index in [1.807, 2.05) is 6.20 Å². The predicted octanol–water partition coefficient (Wildman–Crippen LogP) is 2.17. The molecule has 0 atom stereocenters. The van der Waals surface area contributed by atoms with Gasteiger partial charge in [-0.05, 0) is 34.7 Å². The van der Waals surface area contributed by atoms with Gasteiger partial charge in [0.05, 0.1) is 27.0 Å². The second kappa shape index (κ2) is 4.36. The van der Waals surface area contributed by atoms with Crippen LogP contribution in [0.2, 0.25) is 5.02 Å². The Labute approximate surface area is 106 Å². The number of anilines is 1. The number of hydrogen-bond donors (Lipinski definition) is 1. The van der Waals surface area contributed by atoms with Gasteiger partial charge >= 0.3 is 0 Å². The summed E-state index contributed by atoms with van der Waals surface area (Å²) in [7, 11) is 0. The van der Waals surface area contributed by atoms with Gasteiger partial charge in [0.15, 0.2) is 0 Å². The van der Waals surface area contributed by atoms with Crippen LogP contribution < -0.4 is 5.73 Å². The molecule has 0 amide bonds. The zero-order valence-electron chi connectivity index (χ0n) is 7.69. The molecule has 2 rings (SSSR count). The van der Waals surface area contributed by atoms with Gasteiger partial charge in [-0.15, -0.1) is 0 Å². The van der Waals surface area contributed by atoms with Crippen molar-refractivity contribution in [2.45, 2.75) is 6.54 Å². The number of pyridine rings is 1. The third-order valence-electron chi connectivity index (χ3n) is 1.85. The molecule has 0 spiro atoms. The molecule has 0 unspecified atom stereocenters. The Kier molecular flexibility index (Phi) is 3.11. The predicted molar refractivity (Wildman–Crippen MR) is 67.7 cm³/mol. The molecule has 0 aliphatic carbocycles. The van der Waals surface area contributed by atoms with Crippen molar-refractivity contribution < 1.29 is 0 Å². The van der Waals surface area contributed by atoms with E-state index < -0.39 is 0 Å². The Morgan fingerprint density at radius 1 is 1.47 bits per heavy atom. The highest BCUT2D eigenvalue weighted by atomic mass is 127. The van der Waals surface area contributed by atoms with Crippen LogP contribution in [0.5, 0.6) is 0 Å². The second-order valence-corrected chi connectivity index (χ2v) is 4.67. The van der Waals surface area contributed by atoms with Crippen LogP contribution in [-0.4, -0.2) is 14.8 Å². The molecule has 0 saturated carbocycles. The Hall–Kier alpha value is -0.820. The Morgan fingerprint density at radius 2 is 2.27 bits per heavy atom. The fourth-order valence-corrected chi connectivity index (χ4v) is 1.80. The molecule has 2 aromatic rings. The van der Waals surface area contributed by atoms with Gasteiger partial charge in [-0.25, -0.2) is 4.98 Å². The summed E-state index contributed by atoms with van der Waals surface area (Å²) in [4.78, 5) is 4.16. The minimum Gasteiger partial charge on any atom is -0.384 e. The fourth-order valence-electron chi connectivity index (χ4n) is 1.19. The van der Waals surface area contributed by atoms with E-state index in [4.69, 9.17) is 17.3 Å². The lowest BCUT2D eigenvalue weighted by Gasteiger charge is -2.04. The Balaban J connectivity index is 2.27. The summed E-state index contributed by atoms with van der Waals surface area (Å²) in [6, 6.07) is 3.42. The third kappa shape index (κ3) is 2.60. The zero-order valence-corrected chi connectivity index (χ0v) is 10.6. The van der Waals surface area contributed by atoms with Crippen molar-refractivity contribution in [3.8, 4) is 0 Å². The molecular weight excluding hydrogens is 326 g/mol. The monoisotopic (exact) mass is 334 g/mol. The number of nitrogens with two attached hydrogens (primary N) is 1. The highest BCUT2D eigenvalue weighted by Gasteiger charge is 2.04. The summed E-state index contributed by atoms with van der Waals surface area (Å²) in [5, 5.41) is 4.76. The van der Waals surface area contributed by atoms with E-state index in [0.717, 1.165) is 9.26 Å². The van der Waals surface area contributed by atoms with Gasteiger partial charge in [-0.2, -0.15) is 5.10 Å². The van der Waals surface area contributed by atoms with Gasteiger partial charge in [0.2, 0.25) is 0 Å². The minimum absolute atomic E-state index is 0.469. The number of aromatic nitrogens is 3. The number of halogens is 2. The van der Waals surface area contributed by atoms with Gasteiger partial charge in [0.25, 0.3) is 0 Å². The molecule has 78 valence electrons. The summed E-state index contributed by atoms with van der Waals surface area (Å²) in [5.74, 6) is 0.469. The van der Waals surface area contributed by atoms with Crippen molar-refractivity contribution in [3.63, 3.8) is 0 Å². The van der Waals surface area contributed by atoms with Crippen molar-refractivity contribution >= 4 is 40.0 Å². The standard InChI is InChI=1S/C9H8ClIN4/c10-7-1-2-9(12)14-8(7)5-15-4-6(11)3-13-15/h1-4H,5H2,(H2,12,14). The molecular formula is C9H8ClIN4. The van der Waals surface area contributed by atoms with Crippen molar-refractivity contribution in [1.82, 2.24) is 14.8 Å². The fraction of sp³-hybridized carbons (Fsp3) is 0.111. The summed E-state index contributed by atoms with van der Waals surface area (Å²) in [6.45, 7) is 0.535. The maximum absolute atomic E-state index is 5.99. The lowest BCUT2D eigenvalue weighted by Crippen LogP contribution is -2.04. The SMILES string of the molecule is Nc1ccc(Cl)c(Cn2cc(I)cn2)n1. The van der Waals surface area contributed by atoms with Crippen LogP contribution in [0.1, 0.15) is 5.69 Å². The van der Waals surface area contributed by atoms with Gasteiger partial charge < -0.3 is 5.73 Å². The summed E-state index contributed by atoms with van der Waals surface area (Å²) < 4.78 is 2.85. The van der Waals surface area contributed by atoms with Crippen molar-refractivity contribution in [3.05, 3.63) is 38.8 Å². The Morgan fingerprint density at radius 3 is 2.93 bits per heavy atom. The first-order valence-electron chi connectivity index (χ1n) is 4.24. The van der Waals surface area contributed by atoms with Crippen LogP contribution in [0.3, 0.4) is 0 Å². The first-order chi connectivity index (χ1) is 7.15. The van der Waals surface area contributed by atoms with Gasteiger partial charge in [0, 0.05) is 6.20 Å². The molecule has 0 bridgehead atoms. The van der Waals surface area contributed by atoms with E-state index in [1.54, 1.807) is 23.0 Å². The highest BCUT2D eigenvalue weighted by molar-refractivity contribution is 14.1. The summed E-state index contributed by atoms with van der Waals surface area (Å²) in [6.07, 6.45) is 3.70. The van der Waals surface area contributed by atoms with Crippen LogP contribution in [0.25, 0.3) is 0 Å². The molecule has 0 saturated heterocycles. The lowest BCUT2D eigenvalue weighted by molar-refractivity contribution is 0.673. The van der Waals surface area contributed by atoms with Crippen molar-refractivity contribution in [2.75, 3.05) is 5.73 Å². The van der Waals surface area contributed by atoms with Crippen molar-refractivity contribution in [1.29, 1.82) is 0 Å². The first kappa shape index (κ1) is 10.7. The van der Waals surface area contributed by atoms with Crippen LogP contribution in [0.15, 0.2) is 24.5 Å². The van der Waals surface area contributed by atoms with E-state index in [2.05, 4.69) is 32.7 Å². The molecule has 4 nitrogen and oxygen atoms in total. The number of nitrogen functional groups attached to an aromatic ring is 1. The third-order valence-corrected chi connectivity index (χ3v) is 2.75. The zero-order chi connectivity index (χ0) is 10.8. The normalized spacial score (nSPS) is 10.5. The summed E-state index contributed by atoms with van der Waals surface area (Å²) in [5.41, 5.74) is 6.32. The van der Waals surface area contributed by atoms with E-state index in [0.29, 0.717) is 17.4 Å². The minimum atomic E-state index is 0.469. The maximum Gasteiger partial charge on any atom is 0.123 e. The molecule has 0 fully saturated rings. The molecule has 0 aliphatic rings. The molecule has 15 heavy (non-hydrogen) atoms. The quantitative estimate of drug-likeness (QED) is 0.856. The molecule has 0 radical (unpaired) electrons. The highest BCUT2D eigenvalue weighted by Crippen LogP contribution is 2.16. The smallest absolute Gasteiger partial charge is 0.123 e. The largest absolute Gasteiger partial charge is 0.384 e. The van der Waals surface area contributed by atoms with Gasteiger partial charge in [-0.1, -0.05) is 11.6 Å². The van der Waals surface area contributed by atoms with E-state index in [9.17, 15) is 0 Å². The topological polar surface area (TPSA) is 56.7 Å². The first-order valence-corrected chi connectivity index (χ1v) is 5.69. The Bertz CT molecular complexity index is 483. The van der Waals surface area contributed by atoms with Crippen molar-refractivity contribution in [2.24, 2.45) is 0 Å². The second-order valence-electron chi connectivity index (χ2n) is 3.02. The van der Waals surface area contributed by atoms with Crippen LogP contribution >= 0.6 is 34.2 Å².